The fourth-order valence-corrected chi connectivity index (χ4v) is 4.45. The minimum atomic E-state index is -3.28. The number of likely N-dealkylation sites (N-methyl/N-ethyl adjacent to an activating group) is 1. The highest BCUT2D eigenvalue weighted by molar-refractivity contribution is 7.92. The van der Waals surface area contributed by atoms with E-state index >= 15 is 0 Å². The van der Waals surface area contributed by atoms with Crippen molar-refractivity contribution in [2.24, 2.45) is 0 Å². The average Bonchev–Trinajstić information content (AvgIpc) is 2.98. The molecule has 5 nitrogen and oxygen atoms in total. The number of likely N-dealkylation sites (tertiary alicyclic amines) is 1. The van der Waals surface area contributed by atoms with Gasteiger partial charge in [0, 0.05) is 26.2 Å². The average molecular weight is 378 g/mol. The molecule has 1 atom stereocenters. The Hall–Kier alpha value is -0.890. The maximum Gasteiger partial charge on any atom is 0.183 e. The number of nitrogens with zero attached hydrogens (tertiary/aromatic N) is 2. The molecule has 1 aromatic rings. The van der Waals surface area contributed by atoms with Gasteiger partial charge in [-0.2, -0.15) is 0 Å². The van der Waals surface area contributed by atoms with Crippen molar-refractivity contribution in [3.05, 3.63) is 30.3 Å². The standard InChI is InChI=1S/C15H23N3O2S2.ClH/c1-17(2)11-9-16-15(21)18-10-8-14(12-18)22(19,20)13-6-4-3-5-7-13;/h3-7,14H,8-12H2,1-2H3,(H,16,21);1H. The molecule has 0 bridgehead atoms. The van der Waals surface area contributed by atoms with E-state index in [0.717, 1.165) is 13.1 Å². The lowest BCUT2D eigenvalue weighted by Gasteiger charge is -2.21. The third-order valence-corrected chi connectivity index (χ3v) is 6.37. The number of nitrogens with one attached hydrogen (secondary N) is 1. The first-order valence-corrected chi connectivity index (χ1v) is 9.33. The number of sulfone groups is 1. The first-order chi connectivity index (χ1) is 10.4. The van der Waals surface area contributed by atoms with E-state index in [2.05, 4.69) is 10.2 Å². The van der Waals surface area contributed by atoms with E-state index in [1.165, 1.54) is 0 Å². The van der Waals surface area contributed by atoms with Gasteiger partial charge in [-0.15, -0.1) is 12.4 Å². The van der Waals surface area contributed by atoms with Crippen LogP contribution in [-0.4, -0.2) is 68.9 Å². The van der Waals surface area contributed by atoms with Crippen molar-refractivity contribution >= 4 is 39.6 Å². The van der Waals surface area contributed by atoms with Gasteiger partial charge in [-0.3, -0.25) is 0 Å². The van der Waals surface area contributed by atoms with Gasteiger partial charge in [0.15, 0.2) is 14.9 Å². The van der Waals surface area contributed by atoms with E-state index < -0.39 is 9.84 Å². The van der Waals surface area contributed by atoms with Crippen LogP contribution in [0.15, 0.2) is 35.2 Å². The van der Waals surface area contributed by atoms with Gasteiger partial charge in [0.25, 0.3) is 0 Å². The summed E-state index contributed by atoms with van der Waals surface area (Å²) in [6, 6.07) is 8.65. The molecule has 1 aromatic carbocycles. The fraction of sp³-hybridized carbons (Fsp3) is 0.533. The summed E-state index contributed by atoms with van der Waals surface area (Å²) in [6.07, 6.45) is 0.618. The van der Waals surface area contributed by atoms with Gasteiger partial charge in [0.05, 0.1) is 10.1 Å². The molecule has 1 aliphatic heterocycles. The second kappa shape index (κ2) is 8.82. The molecule has 0 amide bonds. The molecular formula is C15H24ClN3O2S2. The van der Waals surface area contributed by atoms with Gasteiger partial charge >= 0.3 is 0 Å². The summed E-state index contributed by atoms with van der Waals surface area (Å²) < 4.78 is 25.2. The third-order valence-electron chi connectivity index (χ3n) is 3.78. The smallest absolute Gasteiger partial charge is 0.183 e. The molecule has 23 heavy (non-hydrogen) atoms. The molecule has 1 N–H and O–H groups in total. The molecule has 8 heteroatoms. The highest BCUT2D eigenvalue weighted by Crippen LogP contribution is 2.23. The molecule has 1 heterocycles. The van der Waals surface area contributed by atoms with E-state index in [9.17, 15) is 8.42 Å². The predicted octanol–water partition coefficient (Wildman–Crippen LogP) is 1.39. The zero-order chi connectivity index (χ0) is 16.2. The largest absolute Gasteiger partial charge is 0.361 e. The molecule has 130 valence electrons. The normalized spacial score (nSPS) is 17.9. The zero-order valence-corrected chi connectivity index (χ0v) is 15.9. The van der Waals surface area contributed by atoms with Crippen molar-refractivity contribution in [1.29, 1.82) is 0 Å². The van der Waals surface area contributed by atoms with E-state index in [0.29, 0.717) is 29.5 Å². The minimum Gasteiger partial charge on any atom is -0.361 e. The lowest BCUT2D eigenvalue weighted by Crippen LogP contribution is -2.41. The number of rotatable bonds is 5. The molecule has 0 spiro atoms. The Bertz CT molecular complexity index is 608. The summed E-state index contributed by atoms with van der Waals surface area (Å²) in [5.74, 6) is 0. The highest BCUT2D eigenvalue weighted by atomic mass is 35.5. The van der Waals surface area contributed by atoms with Crippen LogP contribution in [0.3, 0.4) is 0 Å². The van der Waals surface area contributed by atoms with Crippen molar-refractivity contribution in [1.82, 2.24) is 15.1 Å². The Morgan fingerprint density at radius 2 is 2.00 bits per heavy atom. The lowest BCUT2D eigenvalue weighted by molar-refractivity contribution is 0.407. The van der Waals surface area contributed by atoms with Crippen LogP contribution in [0.5, 0.6) is 0 Å². The first kappa shape index (κ1) is 20.2. The molecular weight excluding hydrogens is 354 g/mol. The van der Waals surface area contributed by atoms with Gasteiger partial charge in [-0.05, 0) is 44.9 Å². The molecule has 2 rings (SSSR count). The topological polar surface area (TPSA) is 52.6 Å². The van der Waals surface area contributed by atoms with Gasteiger partial charge in [-0.1, -0.05) is 18.2 Å². The van der Waals surface area contributed by atoms with Crippen LogP contribution in [0.25, 0.3) is 0 Å². The Kier molecular flexibility index (Phi) is 7.73. The van der Waals surface area contributed by atoms with E-state index in [1.807, 2.05) is 25.1 Å². The lowest BCUT2D eigenvalue weighted by atomic mass is 10.4. The monoisotopic (exact) mass is 377 g/mol. The Morgan fingerprint density at radius 3 is 2.61 bits per heavy atom. The van der Waals surface area contributed by atoms with E-state index in [1.54, 1.807) is 24.3 Å². The maximum absolute atomic E-state index is 12.6. The maximum atomic E-state index is 12.6. The number of hydrogen-bond donors (Lipinski definition) is 1. The van der Waals surface area contributed by atoms with E-state index in [4.69, 9.17) is 12.2 Å². The molecule has 1 fully saturated rings. The zero-order valence-electron chi connectivity index (χ0n) is 13.4. The number of benzene rings is 1. The summed E-state index contributed by atoms with van der Waals surface area (Å²) in [4.78, 5) is 4.42. The van der Waals surface area contributed by atoms with Crippen LogP contribution >= 0.6 is 24.6 Å². The van der Waals surface area contributed by atoms with Gasteiger partial charge in [-0.25, -0.2) is 8.42 Å². The van der Waals surface area contributed by atoms with Crippen molar-refractivity contribution < 1.29 is 8.42 Å². The van der Waals surface area contributed by atoms with Crippen molar-refractivity contribution in [2.75, 3.05) is 40.3 Å². The molecule has 1 unspecified atom stereocenters. The predicted molar refractivity (Wildman–Crippen MR) is 100 cm³/mol. The molecule has 1 saturated heterocycles. The molecule has 0 saturated carbocycles. The number of thiocarbonyl (C=S) groups is 1. The van der Waals surface area contributed by atoms with Crippen LogP contribution in [0, 0.1) is 0 Å². The van der Waals surface area contributed by atoms with Crippen LogP contribution in [-0.2, 0) is 9.84 Å². The summed E-state index contributed by atoms with van der Waals surface area (Å²) in [5.41, 5.74) is 0. The van der Waals surface area contributed by atoms with Crippen molar-refractivity contribution in [2.45, 2.75) is 16.6 Å². The second-order valence-electron chi connectivity index (χ2n) is 5.75. The van der Waals surface area contributed by atoms with Gasteiger partial charge in [0.1, 0.15) is 0 Å². The Balaban J connectivity index is 0.00000264. The fourth-order valence-electron chi connectivity index (χ4n) is 2.47. The van der Waals surface area contributed by atoms with Crippen molar-refractivity contribution in [3.8, 4) is 0 Å². The highest BCUT2D eigenvalue weighted by Gasteiger charge is 2.34. The van der Waals surface area contributed by atoms with Gasteiger partial charge in [0.2, 0.25) is 0 Å². The molecule has 1 aliphatic rings. The summed E-state index contributed by atoms with van der Waals surface area (Å²) >= 11 is 5.36. The Morgan fingerprint density at radius 1 is 1.35 bits per heavy atom. The second-order valence-corrected chi connectivity index (χ2v) is 8.36. The first-order valence-electron chi connectivity index (χ1n) is 7.37. The van der Waals surface area contributed by atoms with Crippen LogP contribution in [0.1, 0.15) is 6.42 Å². The molecule has 0 radical (unpaired) electrons. The third kappa shape index (κ3) is 5.31. The van der Waals surface area contributed by atoms with Gasteiger partial charge < -0.3 is 15.1 Å². The van der Waals surface area contributed by atoms with Crippen LogP contribution < -0.4 is 5.32 Å². The number of halogens is 1. The van der Waals surface area contributed by atoms with Crippen LogP contribution in [0.2, 0.25) is 0 Å². The van der Waals surface area contributed by atoms with E-state index in [-0.39, 0.29) is 17.7 Å². The minimum absolute atomic E-state index is 0. The molecule has 0 aliphatic carbocycles. The Labute approximate surface area is 150 Å². The van der Waals surface area contributed by atoms with Crippen LogP contribution in [0.4, 0.5) is 0 Å². The summed E-state index contributed by atoms with van der Waals surface area (Å²) in [7, 11) is 0.730. The summed E-state index contributed by atoms with van der Waals surface area (Å²) in [6.45, 7) is 2.80. The molecule has 0 aromatic heterocycles. The number of hydrogen-bond acceptors (Lipinski definition) is 4. The SMILES string of the molecule is CN(C)CCNC(=S)N1CCC(S(=O)(=O)c2ccccc2)C1.Cl. The van der Waals surface area contributed by atoms with Crippen molar-refractivity contribution in [3.63, 3.8) is 0 Å². The summed E-state index contributed by atoms with van der Waals surface area (Å²) in [5, 5.41) is 3.45. The quantitative estimate of drug-likeness (QED) is 0.783.